The third-order valence-electron chi connectivity index (χ3n) is 3.50. The van der Waals surface area contributed by atoms with Crippen LogP contribution in [0.15, 0.2) is 18.2 Å². The lowest BCUT2D eigenvalue weighted by Gasteiger charge is -2.23. The number of rotatable bonds is 5. The summed E-state index contributed by atoms with van der Waals surface area (Å²) in [7, 11) is 0. The number of fused-ring (bicyclic) bond motifs is 1. The fraction of sp³-hybridized carbons (Fsp3) is 0.600. The normalized spacial score (nSPS) is 16.1. The van der Waals surface area contributed by atoms with E-state index < -0.39 is 0 Å². The van der Waals surface area contributed by atoms with E-state index in [1.54, 1.807) is 0 Å². The maximum absolute atomic E-state index is 5.86. The molecule has 1 aliphatic heterocycles. The maximum atomic E-state index is 5.86. The minimum atomic E-state index is 0.571. The zero-order valence-electron chi connectivity index (χ0n) is 11.0. The number of aryl methyl sites for hydroxylation is 1. The molecular formula is C15H23NO. The quantitative estimate of drug-likeness (QED) is 0.789. The lowest BCUT2D eigenvalue weighted by Crippen LogP contribution is -2.17. The van der Waals surface area contributed by atoms with Crippen LogP contribution in [0.1, 0.15) is 43.7 Å². The van der Waals surface area contributed by atoms with E-state index in [4.69, 9.17) is 4.74 Å². The van der Waals surface area contributed by atoms with Gasteiger partial charge in [0.2, 0.25) is 0 Å². The van der Waals surface area contributed by atoms with Gasteiger partial charge in [-0.3, -0.25) is 0 Å². The van der Waals surface area contributed by atoms with Gasteiger partial charge in [0.05, 0.1) is 6.61 Å². The lowest BCUT2D eigenvalue weighted by molar-refractivity contribution is 0.283. The second kappa shape index (κ2) is 6.06. The smallest absolute Gasteiger partial charge is 0.125 e. The first-order valence-corrected chi connectivity index (χ1v) is 6.78. The fourth-order valence-corrected chi connectivity index (χ4v) is 2.45. The van der Waals surface area contributed by atoms with Crippen LogP contribution in [-0.2, 0) is 6.42 Å². The summed E-state index contributed by atoms with van der Waals surface area (Å²) in [6, 6.07) is 6.60. The Bertz CT molecular complexity index is 362. The molecule has 0 aliphatic carbocycles. The standard InChI is InChI=1S/C15H23NO/c1-3-16-10-9-12(2)14-8-4-6-13-7-5-11-17-15(13)14/h4,6,8,12,16H,3,5,7,9-11H2,1-2H3. The molecule has 94 valence electrons. The first kappa shape index (κ1) is 12.4. The Kier molecular flexibility index (Phi) is 4.43. The highest BCUT2D eigenvalue weighted by molar-refractivity contribution is 5.44. The molecule has 0 aromatic heterocycles. The molecule has 1 aromatic rings. The fourth-order valence-electron chi connectivity index (χ4n) is 2.45. The molecule has 1 aliphatic rings. The Morgan fingerprint density at radius 2 is 2.29 bits per heavy atom. The van der Waals surface area contributed by atoms with Gasteiger partial charge < -0.3 is 10.1 Å². The third kappa shape index (κ3) is 3.01. The number of para-hydroxylation sites is 1. The van der Waals surface area contributed by atoms with Gasteiger partial charge in [-0.1, -0.05) is 32.0 Å². The Hall–Kier alpha value is -1.02. The van der Waals surface area contributed by atoms with Gasteiger partial charge in [0.25, 0.3) is 0 Å². The van der Waals surface area contributed by atoms with Crippen molar-refractivity contribution in [2.24, 2.45) is 0 Å². The molecule has 1 heterocycles. The van der Waals surface area contributed by atoms with Crippen LogP contribution >= 0.6 is 0 Å². The van der Waals surface area contributed by atoms with Gasteiger partial charge in [0, 0.05) is 0 Å². The van der Waals surface area contributed by atoms with Crippen LogP contribution in [0.4, 0.5) is 0 Å². The first-order valence-electron chi connectivity index (χ1n) is 6.78. The summed E-state index contributed by atoms with van der Waals surface area (Å²) in [4.78, 5) is 0. The van der Waals surface area contributed by atoms with Gasteiger partial charge in [-0.05, 0) is 49.4 Å². The van der Waals surface area contributed by atoms with Gasteiger partial charge in [-0.25, -0.2) is 0 Å². The molecule has 1 aromatic carbocycles. The summed E-state index contributed by atoms with van der Waals surface area (Å²) in [6.45, 7) is 7.46. The monoisotopic (exact) mass is 233 g/mol. The van der Waals surface area contributed by atoms with Crippen molar-refractivity contribution < 1.29 is 4.74 Å². The van der Waals surface area contributed by atoms with Gasteiger partial charge in [-0.15, -0.1) is 0 Å². The lowest BCUT2D eigenvalue weighted by atomic mass is 9.92. The first-order chi connectivity index (χ1) is 8.33. The average Bonchev–Trinajstić information content (AvgIpc) is 2.38. The predicted octanol–water partition coefficient (Wildman–Crippen LogP) is 3.11. The van der Waals surface area contributed by atoms with E-state index in [2.05, 4.69) is 37.4 Å². The summed E-state index contributed by atoms with van der Waals surface area (Å²) in [6.07, 6.45) is 3.50. The molecule has 2 rings (SSSR count). The van der Waals surface area contributed by atoms with E-state index in [0.29, 0.717) is 5.92 Å². The molecule has 0 fully saturated rings. The van der Waals surface area contributed by atoms with Crippen LogP contribution in [0.3, 0.4) is 0 Å². The molecule has 2 heteroatoms. The predicted molar refractivity (Wildman–Crippen MR) is 71.8 cm³/mol. The molecular weight excluding hydrogens is 210 g/mol. The zero-order valence-corrected chi connectivity index (χ0v) is 11.0. The van der Waals surface area contributed by atoms with Crippen molar-refractivity contribution in [3.8, 4) is 5.75 Å². The van der Waals surface area contributed by atoms with E-state index in [0.717, 1.165) is 26.1 Å². The Morgan fingerprint density at radius 3 is 3.12 bits per heavy atom. The summed E-state index contributed by atoms with van der Waals surface area (Å²) in [5.41, 5.74) is 2.78. The topological polar surface area (TPSA) is 21.3 Å². The van der Waals surface area contributed by atoms with E-state index in [1.165, 1.54) is 29.7 Å². The molecule has 17 heavy (non-hydrogen) atoms. The molecule has 2 nitrogen and oxygen atoms in total. The molecule has 0 saturated carbocycles. The summed E-state index contributed by atoms with van der Waals surface area (Å²) in [5.74, 6) is 1.74. The van der Waals surface area contributed by atoms with Crippen molar-refractivity contribution in [2.45, 2.75) is 39.0 Å². The third-order valence-corrected chi connectivity index (χ3v) is 3.50. The molecule has 0 spiro atoms. The minimum Gasteiger partial charge on any atom is -0.493 e. The van der Waals surface area contributed by atoms with Crippen molar-refractivity contribution in [2.75, 3.05) is 19.7 Å². The van der Waals surface area contributed by atoms with Crippen molar-refractivity contribution in [1.82, 2.24) is 5.32 Å². The molecule has 1 unspecified atom stereocenters. The summed E-state index contributed by atoms with van der Waals surface area (Å²) < 4.78 is 5.86. The SMILES string of the molecule is CCNCCC(C)c1cccc2c1OCCC2. The molecule has 0 radical (unpaired) electrons. The number of nitrogens with one attached hydrogen (secondary N) is 1. The maximum Gasteiger partial charge on any atom is 0.125 e. The highest BCUT2D eigenvalue weighted by Crippen LogP contribution is 2.34. The molecule has 0 bridgehead atoms. The Balaban J connectivity index is 2.09. The molecule has 0 amide bonds. The summed E-state index contributed by atoms with van der Waals surface area (Å²) >= 11 is 0. The molecule has 1 atom stereocenters. The van der Waals surface area contributed by atoms with E-state index in [9.17, 15) is 0 Å². The van der Waals surface area contributed by atoms with Crippen molar-refractivity contribution >= 4 is 0 Å². The highest BCUT2D eigenvalue weighted by Gasteiger charge is 2.17. The number of ether oxygens (including phenoxy) is 1. The van der Waals surface area contributed by atoms with E-state index >= 15 is 0 Å². The average molecular weight is 233 g/mol. The zero-order chi connectivity index (χ0) is 12.1. The van der Waals surface area contributed by atoms with Crippen molar-refractivity contribution in [3.63, 3.8) is 0 Å². The van der Waals surface area contributed by atoms with Crippen LogP contribution in [0.25, 0.3) is 0 Å². The van der Waals surface area contributed by atoms with Crippen molar-refractivity contribution in [3.05, 3.63) is 29.3 Å². The number of hydrogen-bond acceptors (Lipinski definition) is 2. The Morgan fingerprint density at radius 1 is 1.41 bits per heavy atom. The van der Waals surface area contributed by atoms with Crippen molar-refractivity contribution in [1.29, 1.82) is 0 Å². The van der Waals surface area contributed by atoms with E-state index in [-0.39, 0.29) is 0 Å². The Labute approximate surface area is 104 Å². The number of benzene rings is 1. The second-order valence-corrected chi connectivity index (χ2v) is 4.83. The van der Waals surface area contributed by atoms with Crippen LogP contribution in [-0.4, -0.2) is 19.7 Å². The number of hydrogen-bond donors (Lipinski definition) is 1. The minimum absolute atomic E-state index is 0.571. The van der Waals surface area contributed by atoms with Crippen LogP contribution in [0.5, 0.6) is 5.75 Å². The van der Waals surface area contributed by atoms with Crippen LogP contribution < -0.4 is 10.1 Å². The van der Waals surface area contributed by atoms with Gasteiger partial charge in [0.1, 0.15) is 5.75 Å². The van der Waals surface area contributed by atoms with Gasteiger partial charge in [-0.2, -0.15) is 0 Å². The van der Waals surface area contributed by atoms with Gasteiger partial charge >= 0.3 is 0 Å². The highest BCUT2D eigenvalue weighted by atomic mass is 16.5. The van der Waals surface area contributed by atoms with Crippen LogP contribution in [0.2, 0.25) is 0 Å². The largest absolute Gasteiger partial charge is 0.493 e. The second-order valence-electron chi connectivity index (χ2n) is 4.83. The van der Waals surface area contributed by atoms with E-state index in [1.807, 2.05) is 0 Å². The van der Waals surface area contributed by atoms with Crippen LogP contribution in [0, 0.1) is 0 Å². The van der Waals surface area contributed by atoms with Gasteiger partial charge in [0.15, 0.2) is 0 Å². The molecule has 0 saturated heterocycles. The molecule has 1 N–H and O–H groups in total. The summed E-state index contributed by atoms with van der Waals surface area (Å²) in [5, 5.41) is 3.39.